The molecule has 0 aromatic carbocycles. The lowest BCUT2D eigenvalue weighted by Gasteiger charge is -2.18. The van der Waals surface area contributed by atoms with Crippen molar-refractivity contribution in [3.05, 3.63) is 33.7 Å². The summed E-state index contributed by atoms with van der Waals surface area (Å²) in [4.78, 5) is 1.50. The molecule has 2 aromatic heterocycles. The van der Waals surface area contributed by atoms with Crippen molar-refractivity contribution < 1.29 is 4.42 Å². The summed E-state index contributed by atoms with van der Waals surface area (Å²) < 4.78 is 5.91. The van der Waals surface area contributed by atoms with Gasteiger partial charge in [0.25, 0.3) is 0 Å². The topological polar surface area (TPSA) is 51.0 Å². The minimum atomic E-state index is 0.319. The zero-order chi connectivity index (χ0) is 14.5. The summed E-state index contributed by atoms with van der Waals surface area (Å²) in [6.45, 7) is 4.28. The molecule has 1 atom stereocenters. The van der Waals surface area contributed by atoms with E-state index in [4.69, 9.17) is 4.42 Å². The van der Waals surface area contributed by atoms with Crippen molar-refractivity contribution in [2.45, 2.75) is 51.4 Å². The van der Waals surface area contributed by atoms with E-state index in [2.05, 4.69) is 33.9 Å². The molecule has 0 spiro atoms. The summed E-state index contributed by atoms with van der Waals surface area (Å²) >= 11 is 1.85. The van der Waals surface area contributed by atoms with Crippen molar-refractivity contribution in [2.24, 2.45) is 0 Å². The quantitative estimate of drug-likeness (QED) is 0.795. The fourth-order valence-corrected chi connectivity index (χ4v) is 3.91. The maximum absolute atomic E-state index is 5.91. The molecule has 1 aliphatic carbocycles. The van der Waals surface area contributed by atoms with Crippen LogP contribution in [0, 0.1) is 0 Å². The van der Waals surface area contributed by atoms with Crippen molar-refractivity contribution >= 4 is 11.3 Å². The molecule has 114 valence electrons. The van der Waals surface area contributed by atoms with Crippen LogP contribution in [0.3, 0.4) is 0 Å². The molecule has 3 rings (SSSR count). The third kappa shape index (κ3) is 3.52. The summed E-state index contributed by atoms with van der Waals surface area (Å²) in [6.07, 6.45) is 6.64. The van der Waals surface area contributed by atoms with Gasteiger partial charge >= 0.3 is 0 Å². The van der Waals surface area contributed by atoms with Crippen LogP contribution in [-0.4, -0.2) is 23.3 Å². The Morgan fingerprint density at radius 1 is 1.38 bits per heavy atom. The van der Waals surface area contributed by atoms with Crippen molar-refractivity contribution in [3.63, 3.8) is 0 Å². The second-order valence-corrected chi connectivity index (χ2v) is 6.63. The normalized spacial score (nSPS) is 17.9. The van der Waals surface area contributed by atoms with E-state index in [0.717, 1.165) is 44.1 Å². The zero-order valence-corrected chi connectivity index (χ0v) is 13.4. The van der Waals surface area contributed by atoms with Crippen LogP contribution in [0.25, 0.3) is 0 Å². The minimum Gasteiger partial charge on any atom is -0.425 e. The van der Waals surface area contributed by atoms with Gasteiger partial charge in [-0.1, -0.05) is 6.92 Å². The first-order valence-corrected chi connectivity index (χ1v) is 8.85. The van der Waals surface area contributed by atoms with Crippen LogP contribution >= 0.6 is 11.3 Å². The van der Waals surface area contributed by atoms with Crippen molar-refractivity contribution in [2.75, 3.05) is 13.1 Å². The summed E-state index contributed by atoms with van der Waals surface area (Å²) in [6, 6.07) is 2.22. The van der Waals surface area contributed by atoms with Gasteiger partial charge in [0, 0.05) is 11.3 Å². The van der Waals surface area contributed by atoms with Crippen LogP contribution in [0.15, 0.2) is 15.9 Å². The van der Waals surface area contributed by atoms with Crippen LogP contribution in [0.1, 0.15) is 60.7 Å². The predicted octanol–water partition coefficient (Wildman–Crippen LogP) is 3.53. The lowest BCUT2D eigenvalue weighted by atomic mass is 9.88. The Hall–Kier alpha value is -1.20. The molecule has 0 saturated heterocycles. The Morgan fingerprint density at radius 3 is 3.24 bits per heavy atom. The zero-order valence-electron chi connectivity index (χ0n) is 12.6. The largest absolute Gasteiger partial charge is 0.425 e. The van der Waals surface area contributed by atoms with E-state index in [1.54, 1.807) is 0 Å². The molecule has 1 unspecified atom stereocenters. The molecule has 4 nitrogen and oxygen atoms in total. The van der Waals surface area contributed by atoms with E-state index < -0.39 is 0 Å². The summed E-state index contributed by atoms with van der Waals surface area (Å²) in [5, 5.41) is 14.1. The average molecular weight is 305 g/mol. The Bertz CT molecular complexity index is 563. The first kappa shape index (κ1) is 14.7. The van der Waals surface area contributed by atoms with Gasteiger partial charge in [-0.05, 0) is 62.2 Å². The number of hydrogen-bond donors (Lipinski definition) is 1. The molecular weight excluding hydrogens is 282 g/mol. The standard InChI is InChI=1S/C16H23N3OS/c1-2-9-17-10-4-7-15-18-19-16(20-15)13-5-3-6-14-12(13)8-11-21-14/h8,11,13,17H,2-7,9-10H2,1H3. The molecule has 0 aliphatic heterocycles. The number of hydrogen-bond acceptors (Lipinski definition) is 5. The van der Waals surface area contributed by atoms with Gasteiger partial charge < -0.3 is 9.73 Å². The van der Waals surface area contributed by atoms with Gasteiger partial charge in [0.15, 0.2) is 0 Å². The van der Waals surface area contributed by atoms with Crippen LogP contribution in [0.5, 0.6) is 0 Å². The molecule has 2 aromatic rings. The molecule has 0 bridgehead atoms. The summed E-state index contributed by atoms with van der Waals surface area (Å²) in [5.74, 6) is 1.91. The van der Waals surface area contributed by atoms with Crippen molar-refractivity contribution in [3.8, 4) is 0 Å². The predicted molar refractivity (Wildman–Crippen MR) is 84.9 cm³/mol. The number of nitrogens with one attached hydrogen (secondary N) is 1. The highest BCUT2D eigenvalue weighted by atomic mass is 32.1. The third-order valence-electron chi connectivity index (χ3n) is 4.00. The molecular formula is C16H23N3OS. The second-order valence-electron chi connectivity index (χ2n) is 5.63. The number of nitrogens with zero attached hydrogens (tertiary/aromatic N) is 2. The number of aromatic nitrogens is 2. The van der Waals surface area contributed by atoms with Crippen molar-refractivity contribution in [1.29, 1.82) is 0 Å². The van der Waals surface area contributed by atoms with Crippen LogP contribution in [-0.2, 0) is 12.8 Å². The van der Waals surface area contributed by atoms with Gasteiger partial charge in [0.1, 0.15) is 0 Å². The Balaban J connectivity index is 1.58. The van der Waals surface area contributed by atoms with Crippen molar-refractivity contribution in [1.82, 2.24) is 15.5 Å². The molecule has 1 aliphatic rings. The van der Waals surface area contributed by atoms with Gasteiger partial charge in [-0.15, -0.1) is 21.5 Å². The van der Waals surface area contributed by atoms with Gasteiger partial charge in [0.05, 0.1) is 5.92 Å². The van der Waals surface area contributed by atoms with E-state index in [1.807, 2.05) is 11.3 Å². The maximum atomic E-state index is 5.91. The van der Waals surface area contributed by atoms with E-state index >= 15 is 0 Å². The monoisotopic (exact) mass is 305 g/mol. The first-order chi connectivity index (χ1) is 10.4. The lowest BCUT2D eigenvalue weighted by molar-refractivity contribution is 0.410. The SMILES string of the molecule is CCCNCCCc1nnc(C2CCCc3sccc32)o1. The lowest BCUT2D eigenvalue weighted by Crippen LogP contribution is -2.16. The average Bonchev–Trinajstić information content (AvgIpc) is 3.15. The number of fused-ring (bicyclic) bond motifs is 1. The van der Waals surface area contributed by atoms with E-state index in [-0.39, 0.29) is 0 Å². The number of thiophene rings is 1. The Kier molecular flexibility index (Phi) is 5.04. The van der Waals surface area contributed by atoms with E-state index in [9.17, 15) is 0 Å². The number of rotatable bonds is 7. The fraction of sp³-hybridized carbons (Fsp3) is 0.625. The fourth-order valence-electron chi connectivity index (χ4n) is 2.92. The first-order valence-electron chi connectivity index (χ1n) is 7.97. The van der Waals surface area contributed by atoms with Crippen LogP contribution in [0.4, 0.5) is 0 Å². The maximum Gasteiger partial charge on any atom is 0.224 e. The molecule has 0 fully saturated rings. The van der Waals surface area contributed by atoms with Crippen LogP contribution < -0.4 is 5.32 Å². The van der Waals surface area contributed by atoms with E-state index in [1.165, 1.54) is 29.7 Å². The summed E-state index contributed by atoms with van der Waals surface area (Å²) in [5.41, 5.74) is 1.41. The number of aryl methyl sites for hydroxylation is 2. The Labute approximate surface area is 130 Å². The molecule has 0 radical (unpaired) electrons. The molecule has 0 saturated carbocycles. The van der Waals surface area contributed by atoms with Gasteiger partial charge in [-0.25, -0.2) is 0 Å². The molecule has 5 heteroatoms. The van der Waals surface area contributed by atoms with Gasteiger partial charge in [-0.3, -0.25) is 0 Å². The third-order valence-corrected chi connectivity index (χ3v) is 5.00. The summed E-state index contributed by atoms with van der Waals surface area (Å²) in [7, 11) is 0. The molecule has 0 amide bonds. The van der Waals surface area contributed by atoms with Gasteiger partial charge in [0.2, 0.25) is 11.8 Å². The minimum absolute atomic E-state index is 0.319. The van der Waals surface area contributed by atoms with Gasteiger partial charge in [-0.2, -0.15) is 0 Å². The highest BCUT2D eigenvalue weighted by Crippen LogP contribution is 2.38. The molecule has 2 heterocycles. The second kappa shape index (κ2) is 7.18. The smallest absolute Gasteiger partial charge is 0.224 e. The highest BCUT2D eigenvalue weighted by Gasteiger charge is 2.27. The Morgan fingerprint density at radius 2 is 2.33 bits per heavy atom. The molecule has 21 heavy (non-hydrogen) atoms. The van der Waals surface area contributed by atoms with E-state index in [0.29, 0.717) is 5.92 Å². The highest BCUT2D eigenvalue weighted by molar-refractivity contribution is 7.10. The molecule has 1 N–H and O–H groups in total. The van der Waals surface area contributed by atoms with Crippen LogP contribution in [0.2, 0.25) is 0 Å².